The van der Waals surface area contributed by atoms with Crippen LogP contribution in [0.15, 0.2) is 0 Å². The minimum absolute atomic E-state index is 0.0167. The topological polar surface area (TPSA) is 60.9 Å². The third-order valence-electron chi connectivity index (χ3n) is 2.82. The number of urea groups is 1. The summed E-state index contributed by atoms with van der Waals surface area (Å²) in [6, 6.07) is -0.824. The second kappa shape index (κ2) is 4.94. The Morgan fingerprint density at radius 3 is 2.47 bits per heavy atom. The van der Waals surface area contributed by atoms with Crippen molar-refractivity contribution in [1.29, 1.82) is 0 Å². The summed E-state index contributed by atoms with van der Waals surface area (Å²) in [5, 5.41) is 9.03. The second-order valence-electron chi connectivity index (χ2n) is 5.89. The number of aliphatic carboxylic acids is 1. The molecule has 0 bridgehead atoms. The lowest BCUT2D eigenvalue weighted by Gasteiger charge is -2.31. The largest absolute Gasteiger partial charge is 0.480 e. The number of carboxylic acid groups (broad SMARTS) is 1. The van der Waals surface area contributed by atoms with Gasteiger partial charge in [-0.15, -0.1) is 0 Å². The molecule has 5 nitrogen and oxygen atoms in total. The van der Waals surface area contributed by atoms with Crippen molar-refractivity contribution in [3.63, 3.8) is 0 Å². The van der Waals surface area contributed by atoms with Crippen LogP contribution in [0.4, 0.5) is 4.79 Å². The smallest absolute Gasteiger partial charge is 0.326 e. The number of hydrogen-bond donors (Lipinski definition) is 1. The molecule has 0 aromatic heterocycles. The second-order valence-corrected chi connectivity index (χ2v) is 5.89. The van der Waals surface area contributed by atoms with E-state index in [2.05, 4.69) is 20.8 Å². The minimum atomic E-state index is -0.903. The Kier molecular flexibility index (Phi) is 4.01. The Bertz CT molecular complexity index is 309. The van der Waals surface area contributed by atoms with Gasteiger partial charge in [0.1, 0.15) is 6.04 Å². The quantitative estimate of drug-likeness (QED) is 0.800. The highest BCUT2D eigenvalue weighted by atomic mass is 16.4. The van der Waals surface area contributed by atoms with Crippen molar-refractivity contribution in [1.82, 2.24) is 9.80 Å². The van der Waals surface area contributed by atoms with Gasteiger partial charge >= 0.3 is 12.0 Å². The van der Waals surface area contributed by atoms with Gasteiger partial charge in [-0.3, -0.25) is 0 Å². The number of carbonyl (C=O) groups excluding carboxylic acids is 1. The summed E-state index contributed by atoms with van der Waals surface area (Å²) >= 11 is 0. The zero-order valence-electron chi connectivity index (χ0n) is 11.1. The van der Waals surface area contributed by atoms with Gasteiger partial charge in [0.2, 0.25) is 0 Å². The van der Waals surface area contributed by atoms with E-state index >= 15 is 0 Å². The first-order valence-corrected chi connectivity index (χ1v) is 5.97. The van der Waals surface area contributed by atoms with Crippen molar-refractivity contribution in [3.8, 4) is 0 Å². The molecule has 1 heterocycles. The molecule has 0 radical (unpaired) electrons. The molecule has 1 rings (SSSR count). The van der Waals surface area contributed by atoms with Crippen LogP contribution in [0, 0.1) is 5.41 Å². The number of amides is 2. The molecule has 1 fully saturated rings. The highest BCUT2D eigenvalue weighted by Gasteiger charge is 2.35. The van der Waals surface area contributed by atoms with Crippen LogP contribution in [0.3, 0.4) is 0 Å². The molecule has 1 atom stereocenters. The lowest BCUT2D eigenvalue weighted by Crippen LogP contribution is -2.48. The Labute approximate surface area is 102 Å². The van der Waals surface area contributed by atoms with Crippen LogP contribution in [-0.2, 0) is 4.79 Å². The van der Waals surface area contributed by atoms with Gasteiger partial charge in [-0.2, -0.15) is 0 Å². The highest BCUT2D eigenvalue weighted by molar-refractivity contribution is 5.83. The summed E-state index contributed by atoms with van der Waals surface area (Å²) in [5.41, 5.74) is 0.0167. The van der Waals surface area contributed by atoms with Gasteiger partial charge < -0.3 is 14.9 Å². The molecule has 2 amide bonds. The molecular weight excluding hydrogens is 220 g/mol. The molecule has 5 heteroatoms. The molecule has 1 aliphatic rings. The van der Waals surface area contributed by atoms with E-state index in [0.29, 0.717) is 19.5 Å². The standard InChI is InChI=1S/C12H22N2O3/c1-12(2,3)8-13(4)11(17)14-7-5-6-9(14)10(15)16/h9H,5-8H2,1-4H3,(H,15,16). The van der Waals surface area contributed by atoms with Gasteiger partial charge in [0, 0.05) is 20.1 Å². The number of likely N-dealkylation sites (tertiary alicyclic amines) is 1. The molecule has 0 saturated carbocycles. The molecule has 17 heavy (non-hydrogen) atoms. The van der Waals surface area contributed by atoms with Crippen LogP contribution < -0.4 is 0 Å². The predicted octanol–water partition coefficient (Wildman–Crippen LogP) is 1.63. The Morgan fingerprint density at radius 1 is 1.41 bits per heavy atom. The molecule has 1 saturated heterocycles. The van der Waals surface area contributed by atoms with Crippen LogP contribution >= 0.6 is 0 Å². The van der Waals surface area contributed by atoms with E-state index in [1.54, 1.807) is 11.9 Å². The first-order valence-electron chi connectivity index (χ1n) is 5.97. The molecule has 1 unspecified atom stereocenters. The molecule has 1 N–H and O–H groups in total. The molecular formula is C12H22N2O3. The number of carboxylic acids is 1. The summed E-state index contributed by atoms with van der Waals surface area (Å²) in [7, 11) is 1.73. The summed E-state index contributed by atoms with van der Waals surface area (Å²) in [5.74, 6) is -0.903. The van der Waals surface area contributed by atoms with E-state index in [9.17, 15) is 9.59 Å². The van der Waals surface area contributed by atoms with Crippen molar-refractivity contribution in [2.75, 3.05) is 20.1 Å². The Balaban J connectivity index is 2.66. The van der Waals surface area contributed by atoms with Gasteiger partial charge in [-0.05, 0) is 18.3 Å². The predicted molar refractivity (Wildman–Crippen MR) is 64.8 cm³/mol. The lowest BCUT2D eigenvalue weighted by molar-refractivity contribution is -0.141. The van der Waals surface area contributed by atoms with Crippen LogP contribution in [0.5, 0.6) is 0 Å². The monoisotopic (exact) mass is 242 g/mol. The normalized spacial score (nSPS) is 20.5. The molecule has 1 aliphatic heterocycles. The SMILES string of the molecule is CN(CC(C)(C)C)C(=O)N1CCCC1C(=O)O. The van der Waals surface area contributed by atoms with Crippen molar-refractivity contribution in [2.45, 2.75) is 39.7 Å². The first-order chi connectivity index (χ1) is 7.72. The van der Waals surface area contributed by atoms with Gasteiger partial charge in [0.15, 0.2) is 0 Å². The average Bonchev–Trinajstić information content (AvgIpc) is 2.61. The van der Waals surface area contributed by atoms with Crippen molar-refractivity contribution >= 4 is 12.0 Å². The first kappa shape index (κ1) is 13.8. The third kappa shape index (κ3) is 3.61. The third-order valence-corrected chi connectivity index (χ3v) is 2.82. The minimum Gasteiger partial charge on any atom is -0.480 e. The lowest BCUT2D eigenvalue weighted by atomic mass is 9.96. The Morgan fingerprint density at radius 2 is 2.00 bits per heavy atom. The van der Waals surface area contributed by atoms with E-state index in [-0.39, 0.29) is 11.4 Å². The van der Waals surface area contributed by atoms with Crippen molar-refractivity contribution < 1.29 is 14.7 Å². The molecule has 0 spiro atoms. The number of carbonyl (C=O) groups is 2. The van der Waals surface area contributed by atoms with Crippen LogP contribution in [0.1, 0.15) is 33.6 Å². The zero-order valence-corrected chi connectivity index (χ0v) is 11.1. The van der Waals surface area contributed by atoms with E-state index < -0.39 is 12.0 Å². The zero-order chi connectivity index (χ0) is 13.2. The van der Waals surface area contributed by atoms with Gasteiger partial charge in [0.25, 0.3) is 0 Å². The van der Waals surface area contributed by atoms with Gasteiger partial charge in [-0.1, -0.05) is 20.8 Å². The summed E-state index contributed by atoms with van der Waals surface area (Å²) in [6.07, 6.45) is 1.33. The van der Waals surface area contributed by atoms with Crippen LogP contribution in [0.25, 0.3) is 0 Å². The molecule has 0 aliphatic carbocycles. The average molecular weight is 242 g/mol. The Hall–Kier alpha value is -1.26. The number of rotatable bonds is 2. The maximum Gasteiger partial charge on any atom is 0.326 e. The molecule has 0 aromatic carbocycles. The number of hydrogen-bond acceptors (Lipinski definition) is 2. The van der Waals surface area contributed by atoms with Crippen molar-refractivity contribution in [2.24, 2.45) is 5.41 Å². The fraction of sp³-hybridized carbons (Fsp3) is 0.833. The van der Waals surface area contributed by atoms with Crippen LogP contribution in [-0.4, -0.2) is 53.1 Å². The summed E-state index contributed by atoms with van der Waals surface area (Å²) < 4.78 is 0. The molecule has 98 valence electrons. The van der Waals surface area contributed by atoms with E-state index in [0.717, 1.165) is 6.42 Å². The van der Waals surface area contributed by atoms with Gasteiger partial charge in [0.05, 0.1) is 0 Å². The summed E-state index contributed by atoms with van der Waals surface area (Å²) in [4.78, 5) is 26.2. The van der Waals surface area contributed by atoms with E-state index in [1.165, 1.54) is 4.90 Å². The maximum absolute atomic E-state index is 12.1. The van der Waals surface area contributed by atoms with Crippen molar-refractivity contribution in [3.05, 3.63) is 0 Å². The van der Waals surface area contributed by atoms with E-state index in [4.69, 9.17) is 5.11 Å². The van der Waals surface area contributed by atoms with Gasteiger partial charge in [-0.25, -0.2) is 9.59 Å². The fourth-order valence-corrected chi connectivity index (χ4v) is 2.25. The van der Waals surface area contributed by atoms with E-state index in [1.807, 2.05) is 0 Å². The van der Waals surface area contributed by atoms with Crippen LogP contribution in [0.2, 0.25) is 0 Å². The molecule has 0 aromatic rings. The summed E-state index contributed by atoms with van der Waals surface area (Å²) in [6.45, 7) is 7.32. The maximum atomic E-state index is 12.1. The fourth-order valence-electron chi connectivity index (χ4n) is 2.25. The highest BCUT2D eigenvalue weighted by Crippen LogP contribution is 2.21. The number of nitrogens with zero attached hydrogens (tertiary/aromatic N) is 2.